The Labute approximate surface area is 169 Å². The number of benzene rings is 2. The van der Waals surface area contributed by atoms with Crippen molar-refractivity contribution < 1.29 is 14.3 Å². The summed E-state index contributed by atoms with van der Waals surface area (Å²) in [4.78, 5) is 27.5. The first-order valence-corrected chi connectivity index (χ1v) is 9.46. The summed E-state index contributed by atoms with van der Waals surface area (Å²) in [5, 5.41) is 7.86. The molecule has 1 aromatic heterocycles. The van der Waals surface area contributed by atoms with E-state index < -0.39 is 12.1 Å². The largest absolute Gasteiger partial charge is 0.450 e. The number of para-hydroxylation sites is 1. The summed E-state index contributed by atoms with van der Waals surface area (Å²) < 4.78 is 4.94. The van der Waals surface area contributed by atoms with Crippen molar-refractivity contribution in [3.63, 3.8) is 0 Å². The van der Waals surface area contributed by atoms with Crippen molar-refractivity contribution in [2.45, 2.75) is 26.3 Å². The maximum absolute atomic E-state index is 12.4. The number of hydrazone groups is 1. The fraction of sp³-hybridized carbons (Fsp3) is 0.227. The number of hydrogen-bond donors (Lipinski definition) is 3. The van der Waals surface area contributed by atoms with Crippen molar-refractivity contribution in [1.82, 2.24) is 15.7 Å². The number of alkyl carbamates (subject to hydrolysis) is 1. The molecule has 29 heavy (non-hydrogen) atoms. The smallest absolute Gasteiger partial charge is 0.407 e. The molecule has 7 heteroatoms. The van der Waals surface area contributed by atoms with Gasteiger partial charge in [0.15, 0.2) is 0 Å². The Bertz CT molecular complexity index is 1010. The third kappa shape index (κ3) is 5.22. The Morgan fingerprint density at radius 3 is 2.62 bits per heavy atom. The summed E-state index contributed by atoms with van der Waals surface area (Å²) in [5.74, 6) is -0.315. The van der Waals surface area contributed by atoms with E-state index in [2.05, 4.69) is 20.8 Å². The van der Waals surface area contributed by atoms with Crippen LogP contribution >= 0.6 is 0 Å². The van der Waals surface area contributed by atoms with Crippen LogP contribution in [0.1, 0.15) is 36.2 Å². The van der Waals surface area contributed by atoms with E-state index in [0.29, 0.717) is 0 Å². The van der Waals surface area contributed by atoms with Gasteiger partial charge in [-0.05, 0) is 25.5 Å². The Kier molecular flexibility index (Phi) is 6.63. The van der Waals surface area contributed by atoms with E-state index in [1.165, 1.54) is 0 Å². The van der Waals surface area contributed by atoms with E-state index in [0.717, 1.165) is 27.7 Å². The standard InChI is InChI=1S/C22H24N4O3/c1-3-29-22(28)25-20(16-9-5-4-6-10-16)13-21(27)26-23-14-18-15(2)24-19-12-8-7-11-17(18)19/h4-12,14,20,24H,3,13H2,1-2H3,(H,25,28)(H,26,27)/b23-14-/t20-/m1/s1. The van der Waals surface area contributed by atoms with Gasteiger partial charge >= 0.3 is 6.09 Å². The molecule has 150 valence electrons. The minimum Gasteiger partial charge on any atom is -0.450 e. The first kappa shape index (κ1) is 20.1. The number of nitrogens with one attached hydrogen (secondary N) is 3. The predicted octanol–water partition coefficient (Wildman–Crippen LogP) is 3.80. The van der Waals surface area contributed by atoms with Gasteiger partial charge in [0.25, 0.3) is 0 Å². The molecule has 0 aliphatic carbocycles. The van der Waals surface area contributed by atoms with Crippen molar-refractivity contribution in [3.05, 3.63) is 71.4 Å². The van der Waals surface area contributed by atoms with Gasteiger partial charge in [-0.15, -0.1) is 0 Å². The number of rotatable bonds is 7. The molecule has 0 aliphatic heterocycles. The number of nitrogens with zero attached hydrogens (tertiary/aromatic N) is 1. The quantitative estimate of drug-likeness (QED) is 0.421. The topological polar surface area (TPSA) is 95.6 Å². The predicted molar refractivity (Wildman–Crippen MR) is 113 cm³/mol. The van der Waals surface area contributed by atoms with Gasteiger partial charge in [-0.2, -0.15) is 5.10 Å². The highest BCUT2D eigenvalue weighted by molar-refractivity contribution is 6.00. The molecule has 0 radical (unpaired) electrons. The van der Waals surface area contributed by atoms with Crippen LogP contribution in [-0.2, 0) is 9.53 Å². The van der Waals surface area contributed by atoms with Crippen LogP contribution in [0, 0.1) is 6.92 Å². The van der Waals surface area contributed by atoms with E-state index >= 15 is 0 Å². The third-order valence-corrected chi connectivity index (χ3v) is 4.49. The molecule has 0 spiro atoms. The van der Waals surface area contributed by atoms with Gasteiger partial charge in [-0.25, -0.2) is 10.2 Å². The Morgan fingerprint density at radius 1 is 1.14 bits per heavy atom. The molecule has 2 amide bonds. The van der Waals surface area contributed by atoms with Gasteiger partial charge in [0.1, 0.15) is 0 Å². The molecule has 0 saturated carbocycles. The zero-order valence-corrected chi connectivity index (χ0v) is 16.4. The fourth-order valence-electron chi connectivity index (χ4n) is 3.12. The second-order valence-corrected chi connectivity index (χ2v) is 6.53. The zero-order chi connectivity index (χ0) is 20.6. The van der Waals surface area contributed by atoms with Gasteiger partial charge in [-0.3, -0.25) is 4.79 Å². The highest BCUT2D eigenvalue weighted by Gasteiger charge is 2.18. The number of aryl methyl sites for hydroxylation is 1. The minimum atomic E-state index is -0.563. The van der Waals surface area contributed by atoms with E-state index in [-0.39, 0.29) is 18.9 Å². The number of aromatic nitrogens is 1. The summed E-state index contributed by atoms with van der Waals surface area (Å²) in [7, 11) is 0. The maximum atomic E-state index is 12.4. The lowest BCUT2D eigenvalue weighted by Crippen LogP contribution is -2.33. The van der Waals surface area contributed by atoms with E-state index in [4.69, 9.17) is 4.74 Å². The summed E-state index contributed by atoms with van der Waals surface area (Å²) in [5.41, 5.74) is 6.26. The fourth-order valence-corrected chi connectivity index (χ4v) is 3.12. The molecule has 1 heterocycles. The Morgan fingerprint density at radius 2 is 1.86 bits per heavy atom. The number of ether oxygens (including phenoxy) is 1. The highest BCUT2D eigenvalue weighted by atomic mass is 16.5. The molecular weight excluding hydrogens is 368 g/mol. The number of aromatic amines is 1. The van der Waals surface area contributed by atoms with Crippen molar-refractivity contribution in [2.24, 2.45) is 5.10 Å². The van der Waals surface area contributed by atoms with E-state index in [1.807, 2.05) is 61.5 Å². The first-order chi connectivity index (χ1) is 14.1. The van der Waals surface area contributed by atoms with Gasteiger partial charge < -0.3 is 15.0 Å². The van der Waals surface area contributed by atoms with Crippen LogP contribution in [0.4, 0.5) is 4.79 Å². The molecule has 0 unspecified atom stereocenters. The second kappa shape index (κ2) is 9.54. The second-order valence-electron chi connectivity index (χ2n) is 6.53. The molecular formula is C22H24N4O3. The van der Waals surface area contributed by atoms with Crippen LogP contribution < -0.4 is 10.7 Å². The SMILES string of the molecule is CCOC(=O)N[C@H](CC(=O)N/N=C\c1c(C)[nH]c2ccccc12)c1ccccc1. The van der Waals surface area contributed by atoms with Crippen LogP contribution in [0.3, 0.4) is 0 Å². The molecule has 0 fully saturated rings. The van der Waals surface area contributed by atoms with Crippen molar-refractivity contribution in [2.75, 3.05) is 6.61 Å². The molecule has 7 nitrogen and oxygen atoms in total. The van der Waals surface area contributed by atoms with Gasteiger partial charge in [0.05, 0.1) is 25.3 Å². The monoisotopic (exact) mass is 392 g/mol. The highest BCUT2D eigenvalue weighted by Crippen LogP contribution is 2.20. The Hall–Kier alpha value is -3.61. The summed E-state index contributed by atoms with van der Waals surface area (Å²) >= 11 is 0. The molecule has 0 saturated heterocycles. The molecule has 1 atom stereocenters. The Balaban J connectivity index is 1.67. The maximum Gasteiger partial charge on any atom is 0.407 e. The lowest BCUT2D eigenvalue weighted by Gasteiger charge is -2.18. The minimum absolute atomic E-state index is 0.0348. The molecule has 3 rings (SSSR count). The molecule has 0 aliphatic rings. The number of H-pyrrole nitrogens is 1. The van der Waals surface area contributed by atoms with Crippen LogP contribution in [0.2, 0.25) is 0 Å². The van der Waals surface area contributed by atoms with Crippen LogP contribution in [0.25, 0.3) is 10.9 Å². The number of hydrogen-bond acceptors (Lipinski definition) is 4. The van der Waals surface area contributed by atoms with Crippen molar-refractivity contribution in [3.8, 4) is 0 Å². The number of fused-ring (bicyclic) bond motifs is 1. The lowest BCUT2D eigenvalue weighted by atomic mass is 10.0. The molecule has 3 N–H and O–H groups in total. The average molecular weight is 392 g/mol. The van der Waals surface area contributed by atoms with E-state index in [1.54, 1.807) is 13.1 Å². The van der Waals surface area contributed by atoms with Gasteiger partial charge in [0, 0.05) is 22.2 Å². The first-order valence-electron chi connectivity index (χ1n) is 9.46. The average Bonchev–Trinajstić information content (AvgIpc) is 3.04. The van der Waals surface area contributed by atoms with Crippen LogP contribution in [0.5, 0.6) is 0 Å². The normalized spacial score (nSPS) is 12.1. The number of carbonyl (C=O) groups is 2. The van der Waals surface area contributed by atoms with E-state index in [9.17, 15) is 9.59 Å². The van der Waals surface area contributed by atoms with Crippen LogP contribution in [0.15, 0.2) is 59.7 Å². The summed E-state index contributed by atoms with van der Waals surface area (Å²) in [6, 6.07) is 16.7. The zero-order valence-electron chi connectivity index (χ0n) is 16.4. The number of carbonyl (C=O) groups excluding carboxylic acids is 2. The molecule has 0 bridgehead atoms. The van der Waals surface area contributed by atoms with Crippen molar-refractivity contribution in [1.29, 1.82) is 0 Å². The lowest BCUT2D eigenvalue weighted by molar-refractivity contribution is -0.121. The molecule has 3 aromatic rings. The van der Waals surface area contributed by atoms with Gasteiger partial charge in [-0.1, -0.05) is 48.5 Å². The van der Waals surface area contributed by atoms with Gasteiger partial charge in [0.2, 0.25) is 5.91 Å². The summed E-state index contributed by atoms with van der Waals surface area (Å²) in [6.45, 7) is 3.94. The number of amides is 2. The molecule has 2 aromatic carbocycles. The summed E-state index contributed by atoms with van der Waals surface area (Å²) in [6.07, 6.45) is 1.10. The van der Waals surface area contributed by atoms with Crippen LogP contribution in [-0.4, -0.2) is 29.8 Å². The van der Waals surface area contributed by atoms with Crippen molar-refractivity contribution >= 4 is 29.1 Å². The third-order valence-electron chi connectivity index (χ3n) is 4.49.